The normalized spacial score (nSPS) is 11.4. The Labute approximate surface area is 174 Å². The Morgan fingerprint density at radius 2 is 1.70 bits per heavy atom. The van der Waals surface area contributed by atoms with Crippen molar-refractivity contribution in [3.63, 3.8) is 0 Å². The smallest absolute Gasteiger partial charge is 0.331 e. The summed E-state index contributed by atoms with van der Waals surface area (Å²) in [7, 11) is 3.04. The summed E-state index contributed by atoms with van der Waals surface area (Å²) in [5.41, 5.74) is 1.11. The van der Waals surface area contributed by atoms with E-state index < -0.39 is 24.0 Å². The molecule has 8 heteroatoms. The van der Waals surface area contributed by atoms with E-state index in [1.54, 1.807) is 55.5 Å². The highest BCUT2D eigenvalue weighted by molar-refractivity contribution is 5.98. The molecule has 3 amide bonds. The molecule has 0 heterocycles. The fourth-order valence-electron chi connectivity index (χ4n) is 2.56. The van der Waals surface area contributed by atoms with Gasteiger partial charge in [-0.3, -0.25) is 10.1 Å². The molecular formula is C22H24N2O6. The van der Waals surface area contributed by atoms with Crippen LogP contribution in [0.25, 0.3) is 6.08 Å². The second kappa shape index (κ2) is 11.3. The van der Waals surface area contributed by atoms with Gasteiger partial charge >= 0.3 is 12.0 Å². The molecule has 30 heavy (non-hydrogen) atoms. The number of carbonyl (C=O) groups excluding carboxylic acids is 3. The Morgan fingerprint density at radius 1 is 1.00 bits per heavy atom. The first kappa shape index (κ1) is 22.5. The quantitative estimate of drug-likeness (QED) is 0.511. The van der Waals surface area contributed by atoms with Crippen LogP contribution in [0.3, 0.4) is 0 Å². The average molecular weight is 412 g/mol. The number of methoxy groups -OCH3 is 2. The summed E-state index contributed by atoms with van der Waals surface area (Å²) in [4.78, 5) is 36.5. The minimum atomic E-state index is -1.28. The number of nitrogens with one attached hydrogen (secondary N) is 2. The van der Waals surface area contributed by atoms with Gasteiger partial charge in [0.1, 0.15) is 0 Å². The number of hydrogen-bond acceptors (Lipinski definition) is 6. The van der Waals surface area contributed by atoms with Crippen LogP contribution in [0.1, 0.15) is 24.2 Å². The fourth-order valence-corrected chi connectivity index (χ4v) is 2.56. The minimum Gasteiger partial charge on any atom is -0.493 e. The summed E-state index contributed by atoms with van der Waals surface area (Å²) in [6, 6.07) is 12.9. The van der Waals surface area contributed by atoms with Crippen LogP contribution in [0, 0.1) is 0 Å². The predicted molar refractivity (Wildman–Crippen MR) is 111 cm³/mol. The molecule has 8 nitrogen and oxygen atoms in total. The van der Waals surface area contributed by atoms with E-state index in [0.717, 1.165) is 0 Å². The summed E-state index contributed by atoms with van der Waals surface area (Å²) in [5, 5.41) is 4.62. The van der Waals surface area contributed by atoms with Gasteiger partial charge in [0.25, 0.3) is 5.91 Å². The lowest BCUT2D eigenvalue weighted by atomic mass is 10.1. The molecule has 0 fully saturated rings. The number of carbonyl (C=O) groups is 3. The van der Waals surface area contributed by atoms with Crippen molar-refractivity contribution in [2.45, 2.75) is 13.0 Å². The third kappa shape index (κ3) is 6.37. The van der Waals surface area contributed by atoms with Gasteiger partial charge in [-0.25, -0.2) is 9.59 Å². The molecule has 2 aromatic carbocycles. The number of imide groups is 1. The highest BCUT2D eigenvalue weighted by atomic mass is 16.5. The molecule has 2 N–H and O–H groups in total. The minimum absolute atomic E-state index is 0.350. The maximum absolute atomic E-state index is 12.5. The van der Waals surface area contributed by atoms with E-state index >= 15 is 0 Å². The summed E-state index contributed by atoms with van der Waals surface area (Å²) in [6.07, 6.45) is 1.43. The molecular weight excluding hydrogens is 388 g/mol. The number of hydrogen-bond donors (Lipinski definition) is 2. The monoisotopic (exact) mass is 412 g/mol. The lowest BCUT2D eigenvalue weighted by Gasteiger charge is -2.16. The third-order valence-corrected chi connectivity index (χ3v) is 3.97. The van der Waals surface area contributed by atoms with Crippen molar-refractivity contribution in [3.05, 3.63) is 65.7 Å². The first-order valence-electron chi connectivity index (χ1n) is 9.22. The van der Waals surface area contributed by atoms with Crippen LogP contribution in [0.15, 0.2) is 54.6 Å². The number of esters is 1. The molecule has 0 unspecified atom stereocenters. The van der Waals surface area contributed by atoms with Crippen molar-refractivity contribution in [1.82, 2.24) is 10.6 Å². The molecule has 0 aliphatic carbocycles. The SMILES string of the molecule is CCNC(=O)NC(=O)[C@@H](OC(=O)/C=C/c1ccc(OC)c(OC)c1)c1ccccc1. The zero-order chi connectivity index (χ0) is 21.9. The van der Waals surface area contributed by atoms with Gasteiger partial charge in [0.15, 0.2) is 11.5 Å². The number of amides is 3. The van der Waals surface area contributed by atoms with Crippen LogP contribution in [0.4, 0.5) is 4.79 Å². The molecule has 0 aliphatic heterocycles. The molecule has 0 bridgehead atoms. The maximum Gasteiger partial charge on any atom is 0.331 e. The predicted octanol–water partition coefficient (Wildman–Crippen LogP) is 2.85. The molecule has 2 rings (SSSR count). The molecule has 0 spiro atoms. The van der Waals surface area contributed by atoms with E-state index in [4.69, 9.17) is 14.2 Å². The third-order valence-electron chi connectivity index (χ3n) is 3.97. The van der Waals surface area contributed by atoms with Crippen LogP contribution in [-0.4, -0.2) is 38.7 Å². The van der Waals surface area contributed by atoms with Crippen molar-refractivity contribution in [3.8, 4) is 11.5 Å². The summed E-state index contributed by atoms with van der Waals surface area (Å²) in [5.74, 6) is -0.426. The molecule has 0 aliphatic rings. The van der Waals surface area contributed by atoms with Gasteiger partial charge in [-0.2, -0.15) is 0 Å². The molecule has 2 aromatic rings. The number of rotatable bonds is 8. The summed E-state index contributed by atoms with van der Waals surface area (Å²) < 4.78 is 15.7. The molecule has 0 radical (unpaired) electrons. The number of benzene rings is 2. The second-order valence-corrected chi connectivity index (χ2v) is 6.02. The standard InChI is InChI=1S/C22H24N2O6/c1-4-23-22(27)24-21(26)20(16-8-6-5-7-9-16)30-19(25)13-11-15-10-12-17(28-2)18(14-15)29-3/h5-14,20H,4H2,1-3H3,(H2,23,24,26,27)/b13-11+/t20-/m0/s1. The van der Waals surface area contributed by atoms with Gasteiger partial charge in [0.2, 0.25) is 6.10 Å². The second-order valence-electron chi connectivity index (χ2n) is 6.02. The fraction of sp³-hybridized carbons (Fsp3) is 0.227. The van der Waals surface area contributed by atoms with Gasteiger partial charge in [-0.1, -0.05) is 36.4 Å². The van der Waals surface area contributed by atoms with E-state index in [9.17, 15) is 14.4 Å². The van der Waals surface area contributed by atoms with Crippen LogP contribution in [0.5, 0.6) is 11.5 Å². The highest BCUT2D eigenvalue weighted by Gasteiger charge is 2.25. The van der Waals surface area contributed by atoms with Gasteiger partial charge < -0.3 is 19.5 Å². The number of urea groups is 1. The maximum atomic E-state index is 12.5. The summed E-state index contributed by atoms with van der Waals surface area (Å²) in [6.45, 7) is 2.07. The number of ether oxygens (including phenoxy) is 3. The van der Waals surface area contributed by atoms with Crippen LogP contribution in [-0.2, 0) is 14.3 Å². The molecule has 1 atom stereocenters. The van der Waals surface area contributed by atoms with Crippen LogP contribution >= 0.6 is 0 Å². The van der Waals surface area contributed by atoms with E-state index in [1.165, 1.54) is 26.4 Å². The first-order valence-corrected chi connectivity index (χ1v) is 9.22. The highest BCUT2D eigenvalue weighted by Crippen LogP contribution is 2.28. The Hall–Kier alpha value is -3.81. The Bertz CT molecular complexity index is 911. The Morgan fingerprint density at radius 3 is 2.33 bits per heavy atom. The van der Waals surface area contributed by atoms with Crippen molar-refractivity contribution in [2.24, 2.45) is 0 Å². The lowest BCUT2D eigenvalue weighted by Crippen LogP contribution is -2.42. The summed E-state index contributed by atoms with van der Waals surface area (Å²) >= 11 is 0. The Balaban J connectivity index is 2.15. The molecule has 0 saturated carbocycles. The van der Waals surface area contributed by atoms with Gasteiger partial charge in [0, 0.05) is 18.2 Å². The lowest BCUT2D eigenvalue weighted by molar-refractivity contribution is -0.151. The van der Waals surface area contributed by atoms with Crippen molar-refractivity contribution in [2.75, 3.05) is 20.8 Å². The van der Waals surface area contributed by atoms with Crippen LogP contribution in [0.2, 0.25) is 0 Å². The first-order chi connectivity index (χ1) is 14.5. The van der Waals surface area contributed by atoms with E-state index in [1.807, 2.05) is 0 Å². The average Bonchev–Trinajstić information content (AvgIpc) is 2.76. The zero-order valence-electron chi connectivity index (χ0n) is 17.0. The van der Waals surface area contributed by atoms with Gasteiger partial charge in [-0.05, 0) is 30.7 Å². The van der Waals surface area contributed by atoms with Gasteiger partial charge in [0.05, 0.1) is 14.2 Å². The van der Waals surface area contributed by atoms with Gasteiger partial charge in [-0.15, -0.1) is 0 Å². The van der Waals surface area contributed by atoms with E-state index in [-0.39, 0.29) is 0 Å². The molecule has 158 valence electrons. The Kier molecular flexibility index (Phi) is 8.43. The van der Waals surface area contributed by atoms with Crippen molar-refractivity contribution >= 4 is 24.0 Å². The van der Waals surface area contributed by atoms with Crippen molar-refractivity contribution in [1.29, 1.82) is 0 Å². The molecule has 0 saturated heterocycles. The largest absolute Gasteiger partial charge is 0.493 e. The zero-order valence-corrected chi connectivity index (χ0v) is 17.0. The molecule has 0 aromatic heterocycles. The van der Waals surface area contributed by atoms with Crippen LogP contribution < -0.4 is 20.1 Å². The van der Waals surface area contributed by atoms with E-state index in [2.05, 4.69) is 10.6 Å². The van der Waals surface area contributed by atoms with Crippen molar-refractivity contribution < 1.29 is 28.6 Å². The topological polar surface area (TPSA) is 103 Å². The van der Waals surface area contributed by atoms with E-state index in [0.29, 0.717) is 29.2 Å².